The van der Waals surface area contributed by atoms with Crippen LogP contribution in [0, 0.1) is 0 Å². The maximum Gasteiger partial charge on any atom is 0.337 e. The van der Waals surface area contributed by atoms with Crippen LogP contribution in [0.2, 0.25) is 0 Å². The van der Waals surface area contributed by atoms with Crippen molar-refractivity contribution in [2.24, 2.45) is 0 Å². The zero-order valence-corrected chi connectivity index (χ0v) is 9.56. The van der Waals surface area contributed by atoms with Crippen molar-refractivity contribution in [3.63, 3.8) is 0 Å². The molecule has 1 aromatic heterocycles. The molecule has 0 fully saturated rings. The lowest BCUT2D eigenvalue weighted by molar-refractivity contribution is 0.0601. The van der Waals surface area contributed by atoms with Gasteiger partial charge in [-0.15, -0.1) is 22.9 Å². The van der Waals surface area contributed by atoms with E-state index < -0.39 is 0 Å². The quantitative estimate of drug-likeness (QED) is 0.600. The second-order valence-electron chi connectivity index (χ2n) is 2.92. The number of hydrogen-bond acceptors (Lipinski definition) is 4. The Bertz CT molecular complexity index is 509. The Kier molecular flexibility index (Phi) is 2.88. The van der Waals surface area contributed by atoms with Crippen molar-refractivity contribution in [1.29, 1.82) is 0 Å². The normalized spacial score (nSPS) is 10.5. The third-order valence-electron chi connectivity index (χ3n) is 1.97. The van der Waals surface area contributed by atoms with Crippen LogP contribution < -0.4 is 0 Å². The minimum Gasteiger partial charge on any atom is -0.465 e. The van der Waals surface area contributed by atoms with Gasteiger partial charge in [-0.05, 0) is 18.2 Å². The average Bonchev–Trinajstić information content (AvgIpc) is 2.69. The molecule has 0 unspecified atom stereocenters. The Morgan fingerprint density at radius 1 is 1.60 bits per heavy atom. The van der Waals surface area contributed by atoms with E-state index in [-0.39, 0.29) is 5.97 Å². The summed E-state index contributed by atoms with van der Waals surface area (Å²) >= 11 is 7.17. The highest BCUT2D eigenvalue weighted by Gasteiger charge is 2.08. The predicted octanol–water partition coefficient (Wildman–Crippen LogP) is 2.82. The van der Waals surface area contributed by atoms with Crippen molar-refractivity contribution < 1.29 is 9.53 Å². The van der Waals surface area contributed by atoms with Gasteiger partial charge in [-0.1, -0.05) is 0 Å². The number of fused-ring (bicyclic) bond motifs is 1. The molecule has 3 nitrogen and oxygen atoms in total. The molecule has 2 rings (SSSR count). The summed E-state index contributed by atoms with van der Waals surface area (Å²) < 4.78 is 5.59. The van der Waals surface area contributed by atoms with Crippen LogP contribution in [0.5, 0.6) is 0 Å². The number of ether oxygens (including phenoxy) is 1. The van der Waals surface area contributed by atoms with Crippen LogP contribution in [0.3, 0.4) is 0 Å². The lowest BCUT2D eigenvalue weighted by Gasteiger charge is -1.97. The van der Waals surface area contributed by atoms with Gasteiger partial charge in [-0.2, -0.15) is 0 Å². The first-order valence-electron chi connectivity index (χ1n) is 4.28. The average molecular weight is 242 g/mol. The molecule has 78 valence electrons. The Balaban J connectivity index is 2.50. The minimum absolute atomic E-state index is 0.335. The van der Waals surface area contributed by atoms with Crippen molar-refractivity contribution in [1.82, 2.24) is 4.98 Å². The van der Waals surface area contributed by atoms with Crippen LogP contribution in [0.15, 0.2) is 18.2 Å². The molecule has 5 heteroatoms. The van der Waals surface area contributed by atoms with E-state index in [1.165, 1.54) is 18.4 Å². The highest BCUT2D eigenvalue weighted by molar-refractivity contribution is 7.18. The number of rotatable bonds is 2. The molecule has 0 spiro atoms. The van der Waals surface area contributed by atoms with E-state index >= 15 is 0 Å². The van der Waals surface area contributed by atoms with Crippen LogP contribution in [0.4, 0.5) is 0 Å². The molecule has 0 N–H and O–H groups in total. The van der Waals surface area contributed by atoms with E-state index in [0.717, 1.165) is 15.2 Å². The summed E-state index contributed by atoms with van der Waals surface area (Å²) in [6.07, 6.45) is 0. The van der Waals surface area contributed by atoms with Crippen molar-refractivity contribution in [3.8, 4) is 0 Å². The molecule has 2 aromatic rings. The highest BCUT2D eigenvalue weighted by Crippen LogP contribution is 2.24. The van der Waals surface area contributed by atoms with E-state index in [4.69, 9.17) is 11.6 Å². The molecule has 0 amide bonds. The molecule has 0 aliphatic rings. The molecule has 0 aliphatic heterocycles. The number of methoxy groups -OCH3 is 1. The summed E-state index contributed by atoms with van der Waals surface area (Å²) in [5.41, 5.74) is 1.40. The molecule has 0 atom stereocenters. The monoisotopic (exact) mass is 241 g/mol. The molecule has 0 radical (unpaired) electrons. The number of halogens is 1. The Morgan fingerprint density at radius 2 is 2.40 bits per heavy atom. The van der Waals surface area contributed by atoms with Crippen LogP contribution in [-0.2, 0) is 10.6 Å². The third-order valence-corrected chi connectivity index (χ3v) is 3.40. The molecule has 0 saturated heterocycles. The van der Waals surface area contributed by atoms with Gasteiger partial charge in [0, 0.05) is 0 Å². The fourth-order valence-electron chi connectivity index (χ4n) is 1.27. The van der Waals surface area contributed by atoms with Crippen LogP contribution in [0.25, 0.3) is 10.2 Å². The van der Waals surface area contributed by atoms with Crippen molar-refractivity contribution in [2.75, 3.05) is 7.11 Å². The van der Waals surface area contributed by atoms with Crippen LogP contribution in [-0.4, -0.2) is 18.1 Å². The standard InChI is InChI=1S/C10H8ClNO2S/c1-14-10(13)6-2-3-7-8(4-6)15-9(5-11)12-7/h2-4H,5H2,1H3. The van der Waals surface area contributed by atoms with E-state index in [2.05, 4.69) is 9.72 Å². The van der Waals surface area contributed by atoms with Crippen molar-refractivity contribution >= 4 is 39.1 Å². The summed E-state index contributed by atoms with van der Waals surface area (Å²) in [5.74, 6) is 0.0603. The molecule has 0 bridgehead atoms. The second kappa shape index (κ2) is 4.16. The van der Waals surface area contributed by atoms with Gasteiger partial charge in [-0.3, -0.25) is 0 Å². The van der Waals surface area contributed by atoms with Gasteiger partial charge in [0.2, 0.25) is 0 Å². The van der Waals surface area contributed by atoms with Gasteiger partial charge in [0.05, 0.1) is 28.8 Å². The number of aromatic nitrogens is 1. The predicted molar refractivity (Wildman–Crippen MR) is 60.5 cm³/mol. The SMILES string of the molecule is COC(=O)c1ccc2nc(CCl)sc2c1. The molecular weight excluding hydrogens is 234 g/mol. The summed E-state index contributed by atoms with van der Waals surface area (Å²) in [4.78, 5) is 15.6. The van der Waals surface area contributed by atoms with E-state index in [9.17, 15) is 4.79 Å². The first kappa shape index (κ1) is 10.4. The topological polar surface area (TPSA) is 39.2 Å². The fraction of sp³-hybridized carbons (Fsp3) is 0.200. The second-order valence-corrected chi connectivity index (χ2v) is 4.30. The molecule has 0 saturated carbocycles. The summed E-state index contributed by atoms with van der Waals surface area (Å²) in [6, 6.07) is 5.27. The summed E-state index contributed by atoms with van der Waals surface area (Å²) in [5, 5.41) is 0.855. The van der Waals surface area contributed by atoms with Gasteiger partial charge in [0.1, 0.15) is 5.01 Å². The van der Waals surface area contributed by atoms with Gasteiger partial charge in [-0.25, -0.2) is 9.78 Å². The number of hydrogen-bond donors (Lipinski definition) is 0. The first-order chi connectivity index (χ1) is 7.24. The minimum atomic E-state index is -0.335. The molecule has 0 aliphatic carbocycles. The summed E-state index contributed by atoms with van der Waals surface area (Å²) in [6.45, 7) is 0. The number of carbonyl (C=O) groups excluding carboxylic acids is 1. The maximum absolute atomic E-state index is 11.3. The number of esters is 1. The van der Waals surface area contributed by atoms with Gasteiger partial charge >= 0.3 is 5.97 Å². The van der Waals surface area contributed by atoms with E-state index in [1.54, 1.807) is 18.2 Å². The fourth-order valence-corrected chi connectivity index (χ4v) is 2.35. The maximum atomic E-state index is 11.3. The zero-order chi connectivity index (χ0) is 10.8. The number of benzene rings is 1. The zero-order valence-electron chi connectivity index (χ0n) is 7.99. The Hall–Kier alpha value is -1.13. The van der Waals surface area contributed by atoms with Crippen LogP contribution in [0.1, 0.15) is 15.4 Å². The van der Waals surface area contributed by atoms with Crippen molar-refractivity contribution in [3.05, 3.63) is 28.8 Å². The Morgan fingerprint density at radius 3 is 3.07 bits per heavy atom. The number of alkyl halides is 1. The lowest BCUT2D eigenvalue weighted by Crippen LogP contribution is -1.99. The molecule has 1 heterocycles. The van der Waals surface area contributed by atoms with Gasteiger partial charge < -0.3 is 4.74 Å². The van der Waals surface area contributed by atoms with Gasteiger partial charge in [0.25, 0.3) is 0 Å². The molecule has 1 aromatic carbocycles. The van der Waals surface area contributed by atoms with E-state index in [0.29, 0.717) is 11.4 Å². The third kappa shape index (κ3) is 1.96. The van der Waals surface area contributed by atoms with Crippen molar-refractivity contribution in [2.45, 2.75) is 5.88 Å². The van der Waals surface area contributed by atoms with Gasteiger partial charge in [0.15, 0.2) is 0 Å². The smallest absolute Gasteiger partial charge is 0.337 e. The number of nitrogens with zero attached hydrogens (tertiary/aromatic N) is 1. The largest absolute Gasteiger partial charge is 0.465 e. The highest BCUT2D eigenvalue weighted by atomic mass is 35.5. The Labute approximate surface area is 95.6 Å². The van der Waals surface area contributed by atoms with E-state index in [1.807, 2.05) is 0 Å². The lowest BCUT2D eigenvalue weighted by atomic mass is 10.2. The van der Waals surface area contributed by atoms with Crippen LogP contribution >= 0.6 is 22.9 Å². The number of thiazole rings is 1. The number of carbonyl (C=O) groups is 1. The molecule has 15 heavy (non-hydrogen) atoms. The molecular formula is C10H8ClNO2S. The first-order valence-corrected chi connectivity index (χ1v) is 5.63. The summed E-state index contributed by atoms with van der Waals surface area (Å²) in [7, 11) is 1.36.